The molecule has 3 aromatic carbocycles. The molecule has 0 bridgehead atoms. The van der Waals surface area contributed by atoms with Crippen LogP contribution >= 0.6 is 63.1 Å². The molecule has 1 aliphatic rings. The van der Waals surface area contributed by atoms with Crippen LogP contribution in [0.3, 0.4) is 0 Å². The highest BCUT2D eigenvalue weighted by Gasteiger charge is 2.34. The number of carbonyl (C=O) groups excluding carboxylic acids is 2. The predicted molar refractivity (Wildman–Crippen MR) is 150 cm³/mol. The standard InChI is InChI=1S/C25H16BrCl2FN2O4S2/c1-34-20-9-13(8-17(26)22(20)35-12-16-18(28)6-3-7-19(16)29)10-21-24(33)31(25(36)37-21)30-23(32)14-4-2-5-15(27)11-14/h2-11H,12H2,1H3,(H,30,32)/b21-10+. The Kier molecular flexibility index (Phi) is 8.76. The van der Waals surface area contributed by atoms with Crippen molar-refractivity contribution in [1.82, 2.24) is 10.4 Å². The first kappa shape index (κ1) is 27.4. The normalized spacial score (nSPS) is 14.3. The van der Waals surface area contributed by atoms with E-state index in [0.29, 0.717) is 26.6 Å². The molecule has 1 N–H and O–H groups in total. The smallest absolute Gasteiger partial charge is 0.285 e. The number of rotatable bonds is 7. The largest absolute Gasteiger partial charge is 0.493 e. The van der Waals surface area contributed by atoms with Gasteiger partial charge in [0.05, 0.1) is 21.5 Å². The van der Waals surface area contributed by atoms with Crippen LogP contribution in [0.2, 0.25) is 10.0 Å². The third-order valence-electron chi connectivity index (χ3n) is 5.07. The number of ether oxygens (including phenoxy) is 2. The molecule has 0 unspecified atom stereocenters. The zero-order chi connectivity index (χ0) is 26.7. The molecule has 0 radical (unpaired) electrons. The van der Waals surface area contributed by atoms with E-state index in [-0.39, 0.29) is 32.0 Å². The van der Waals surface area contributed by atoms with Gasteiger partial charge in [0.1, 0.15) is 12.4 Å². The summed E-state index contributed by atoms with van der Waals surface area (Å²) in [4.78, 5) is 25.8. The molecule has 0 saturated carbocycles. The van der Waals surface area contributed by atoms with Crippen molar-refractivity contribution in [2.45, 2.75) is 6.61 Å². The van der Waals surface area contributed by atoms with Gasteiger partial charge in [0.15, 0.2) is 15.8 Å². The van der Waals surface area contributed by atoms with Crippen LogP contribution in [0.25, 0.3) is 6.08 Å². The summed E-state index contributed by atoms with van der Waals surface area (Å²) in [5, 5.41) is 1.65. The van der Waals surface area contributed by atoms with Gasteiger partial charge in [-0.25, -0.2) is 4.39 Å². The number of nitrogens with one attached hydrogen (secondary N) is 1. The number of thiocarbonyl (C=S) groups is 1. The van der Waals surface area contributed by atoms with Gasteiger partial charge in [0.25, 0.3) is 11.8 Å². The maximum atomic E-state index is 14.1. The number of hydrogen-bond donors (Lipinski definition) is 1. The van der Waals surface area contributed by atoms with Gasteiger partial charge < -0.3 is 9.47 Å². The lowest BCUT2D eigenvalue weighted by molar-refractivity contribution is -0.123. The molecule has 1 saturated heterocycles. The number of methoxy groups -OCH3 is 1. The van der Waals surface area contributed by atoms with Gasteiger partial charge in [-0.2, -0.15) is 5.01 Å². The molecule has 4 rings (SSSR count). The van der Waals surface area contributed by atoms with Gasteiger partial charge in [-0.3, -0.25) is 15.0 Å². The lowest BCUT2D eigenvalue weighted by atomic mass is 10.1. The number of benzene rings is 3. The first-order valence-electron chi connectivity index (χ1n) is 10.5. The van der Waals surface area contributed by atoms with Gasteiger partial charge >= 0.3 is 0 Å². The van der Waals surface area contributed by atoms with Crippen molar-refractivity contribution in [3.8, 4) is 11.5 Å². The number of thioether (sulfide) groups is 1. The molecule has 37 heavy (non-hydrogen) atoms. The second-order valence-electron chi connectivity index (χ2n) is 7.49. The molecular weight excluding hydrogens is 626 g/mol. The maximum absolute atomic E-state index is 14.1. The van der Waals surface area contributed by atoms with Crippen molar-refractivity contribution in [1.29, 1.82) is 0 Å². The zero-order valence-corrected chi connectivity index (χ0v) is 23.6. The van der Waals surface area contributed by atoms with Gasteiger partial charge in [-0.05, 0) is 82.3 Å². The average Bonchev–Trinajstić information content (AvgIpc) is 3.11. The fourth-order valence-corrected chi connectivity index (χ4v) is 5.45. The van der Waals surface area contributed by atoms with Gasteiger partial charge in [-0.15, -0.1) is 0 Å². The lowest BCUT2D eigenvalue weighted by Gasteiger charge is -2.16. The SMILES string of the molecule is COc1cc(/C=C2/SC(=S)N(NC(=O)c3cccc(Cl)c3)C2=O)cc(Br)c1OCc1c(F)cccc1Cl. The monoisotopic (exact) mass is 640 g/mol. The second kappa shape index (κ2) is 11.8. The molecule has 12 heteroatoms. The van der Waals surface area contributed by atoms with Crippen LogP contribution in [-0.4, -0.2) is 28.3 Å². The van der Waals surface area contributed by atoms with Crippen LogP contribution in [-0.2, 0) is 11.4 Å². The quantitative estimate of drug-likeness (QED) is 0.221. The molecule has 1 aliphatic heterocycles. The van der Waals surface area contributed by atoms with Crippen LogP contribution in [0.1, 0.15) is 21.5 Å². The summed E-state index contributed by atoms with van der Waals surface area (Å²) in [6, 6.07) is 14.1. The first-order chi connectivity index (χ1) is 17.7. The van der Waals surface area contributed by atoms with E-state index in [1.807, 2.05) is 0 Å². The Hall–Kier alpha value is -2.63. The summed E-state index contributed by atoms with van der Waals surface area (Å²) >= 11 is 21.8. The molecule has 0 aromatic heterocycles. The summed E-state index contributed by atoms with van der Waals surface area (Å²) in [5.41, 5.74) is 3.61. The molecular formula is C25H16BrCl2FN2O4S2. The summed E-state index contributed by atoms with van der Waals surface area (Å²) in [6.07, 6.45) is 1.61. The molecule has 1 fully saturated rings. The molecule has 190 valence electrons. The van der Waals surface area contributed by atoms with E-state index in [0.717, 1.165) is 16.8 Å². The van der Waals surface area contributed by atoms with Crippen molar-refractivity contribution in [3.63, 3.8) is 0 Å². The van der Waals surface area contributed by atoms with Gasteiger partial charge in [0, 0.05) is 16.1 Å². The van der Waals surface area contributed by atoms with Crippen LogP contribution in [0.4, 0.5) is 4.39 Å². The van der Waals surface area contributed by atoms with E-state index in [2.05, 4.69) is 21.4 Å². The third-order valence-corrected chi connectivity index (χ3v) is 7.55. The van der Waals surface area contributed by atoms with E-state index >= 15 is 0 Å². The van der Waals surface area contributed by atoms with E-state index in [4.69, 9.17) is 44.9 Å². The number of halogens is 4. The maximum Gasteiger partial charge on any atom is 0.285 e. The zero-order valence-electron chi connectivity index (χ0n) is 18.9. The lowest BCUT2D eigenvalue weighted by Crippen LogP contribution is -2.44. The number of hydrazine groups is 1. The van der Waals surface area contributed by atoms with Crippen LogP contribution < -0.4 is 14.9 Å². The van der Waals surface area contributed by atoms with Crippen molar-refractivity contribution >= 4 is 85.3 Å². The Bertz CT molecular complexity index is 1430. The van der Waals surface area contributed by atoms with E-state index in [1.54, 1.807) is 42.5 Å². The highest BCUT2D eigenvalue weighted by atomic mass is 79.9. The molecule has 1 heterocycles. The summed E-state index contributed by atoms with van der Waals surface area (Å²) in [5.74, 6) is -0.822. The molecule has 3 aromatic rings. The van der Waals surface area contributed by atoms with E-state index in [9.17, 15) is 14.0 Å². The van der Waals surface area contributed by atoms with Crippen molar-refractivity contribution in [3.05, 3.63) is 96.5 Å². The van der Waals surface area contributed by atoms with Crippen molar-refractivity contribution in [2.75, 3.05) is 7.11 Å². The van der Waals surface area contributed by atoms with Gasteiger partial charge in [0.2, 0.25) is 0 Å². The minimum atomic E-state index is -0.527. The Labute approximate surface area is 239 Å². The van der Waals surface area contributed by atoms with Crippen LogP contribution in [0.5, 0.6) is 11.5 Å². The predicted octanol–water partition coefficient (Wildman–Crippen LogP) is 7.03. The number of hydrogen-bond acceptors (Lipinski definition) is 6. The highest BCUT2D eigenvalue weighted by molar-refractivity contribution is 9.10. The Morgan fingerprint density at radius 3 is 2.68 bits per heavy atom. The van der Waals surface area contributed by atoms with Crippen LogP contribution in [0.15, 0.2) is 64.0 Å². The number of nitrogens with zero attached hydrogens (tertiary/aromatic N) is 1. The second-order valence-corrected chi connectivity index (χ2v) is 10.9. The summed E-state index contributed by atoms with van der Waals surface area (Å²) in [6.45, 7) is -0.120. The minimum absolute atomic E-state index is 0.120. The molecule has 2 amide bonds. The third kappa shape index (κ3) is 6.27. The fraction of sp³-hybridized carbons (Fsp3) is 0.0800. The summed E-state index contributed by atoms with van der Waals surface area (Å²) < 4.78 is 26.1. The first-order valence-corrected chi connectivity index (χ1v) is 13.2. The Morgan fingerprint density at radius 2 is 1.97 bits per heavy atom. The topological polar surface area (TPSA) is 67.9 Å². The molecule has 0 aliphatic carbocycles. The molecule has 0 spiro atoms. The average molecular weight is 642 g/mol. The van der Waals surface area contributed by atoms with E-state index in [1.165, 1.54) is 25.3 Å². The summed E-state index contributed by atoms with van der Waals surface area (Å²) in [7, 11) is 1.46. The number of amides is 2. The Balaban J connectivity index is 1.53. The van der Waals surface area contributed by atoms with Crippen molar-refractivity contribution < 1.29 is 23.5 Å². The van der Waals surface area contributed by atoms with Crippen LogP contribution in [0, 0.1) is 5.82 Å². The molecule has 6 nitrogen and oxygen atoms in total. The van der Waals surface area contributed by atoms with Gasteiger partial charge in [-0.1, -0.05) is 47.1 Å². The molecule has 0 atom stereocenters. The highest BCUT2D eigenvalue weighted by Crippen LogP contribution is 2.39. The van der Waals surface area contributed by atoms with Crippen molar-refractivity contribution in [2.24, 2.45) is 0 Å². The van der Waals surface area contributed by atoms with E-state index < -0.39 is 17.6 Å². The fourth-order valence-electron chi connectivity index (χ4n) is 3.29. The Morgan fingerprint density at radius 1 is 1.22 bits per heavy atom. The minimum Gasteiger partial charge on any atom is -0.493 e. The number of carbonyl (C=O) groups is 2.